The van der Waals surface area contributed by atoms with E-state index in [1.165, 1.54) is 5.56 Å². The van der Waals surface area contributed by atoms with Crippen molar-refractivity contribution >= 4 is 45.8 Å². The SMILES string of the molecule is CC[C@@H](NC(=O)c1ccc2c(c1)/C(=C(/Nc1cccc(CN3CCOCC3)c1)c1ccsc1)C(=O)N2)c1ccccc1. The molecule has 2 aliphatic heterocycles. The third-order valence-electron chi connectivity index (χ3n) is 7.71. The van der Waals surface area contributed by atoms with E-state index >= 15 is 0 Å². The number of benzene rings is 3. The van der Waals surface area contributed by atoms with Crippen molar-refractivity contribution in [1.82, 2.24) is 10.2 Å². The van der Waals surface area contributed by atoms with Gasteiger partial charge in [0.2, 0.25) is 0 Å². The summed E-state index contributed by atoms with van der Waals surface area (Å²) in [6.45, 7) is 6.24. The van der Waals surface area contributed by atoms with Crippen LogP contribution >= 0.6 is 11.3 Å². The number of nitrogens with zero attached hydrogens (tertiary/aromatic N) is 1. The van der Waals surface area contributed by atoms with E-state index in [-0.39, 0.29) is 17.9 Å². The first-order valence-corrected chi connectivity index (χ1v) is 15.3. The van der Waals surface area contributed by atoms with Crippen molar-refractivity contribution in [2.24, 2.45) is 0 Å². The summed E-state index contributed by atoms with van der Waals surface area (Å²) < 4.78 is 5.50. The van der Waals surface area contributed by atoms with Gasteiger partial charge < -0.3 is 20.7 Å². The first kappa shape index (κ1) is 27.9. The molecule has 0 bridgehead atoms. The second-order valence-corrected chi connectivity index (χ2v) is 11.3. The Morgan fingerprint density at radius 1 is 1.00 bits per heavy atom. The standard InChI is InChI=1S/C34H34N4O3S/c1-2-29(24-8-4-3-5-9-24)36-33(39)25-11-12-30-28(20-25)31(34(40)37-30)32(26-13-18-42-22-26)35-27-10-6-7-23(19-27)21-38-14-16-41-17-15-38/h3-13,18-20,22,29,35H,2,14-17,21H2,1H3,(H,36,39)(H,37,40)/b32-31-/t29-/m1/s1. The number of hydrogen-bond acceptors (Lipinski definition) is 6. The highest BCUT2D eigenvalue weighted by Crippen LogP contribution is 2.39. The van der Waals surface area contributed by atoms with Crippen molar-refractivity contribution in [3.8, 4) is 0 Å². The highest BCUT2D eigenvalue weighted by Gasteiger charge is 2.30. The highest BCUT2D eigenvalue weighted by atomic mass is 32.1. The van der Waals surface area contributed by atoms with Gasteiger partial charge >= 0.3 is 0 Å². The molecule has 3 N–H and O–H groups in total. The largest absolute Gasteiger partial charge is 0.379 e. The van der Waals surface area contributed by atoms with Crippen LogP contribution in [-0.2, 0) is 16.1 Å². The predicted octanol–water partition coefficient (Wildman–Crippen LogP) is 6.39. The minimum absolute atomic E-state index is 0.102. The van der Waals surface area contributed by atoms with Crippen LogP contribution in [0, 0.1) is 0 Å². The summed E-state index contributed by atoms with van der Waals surface area (Å²) in [5.41, 5.74) is 7.21. The maximum absolute atomic E-state index is 13.5. The molecular formula is C34H34N4O3S. The zero-order valence-corrected chi connectivity index (χ0v) is 24.4. The van der Waals surface area contributed by atoms with Crippen LogP contribution in [0.4, 0.5) is 11.4 Å². The van der Waals surface area contributed by atoms with Crippen LogP contribution in [-0.4, -0.2) is 43.0 Å². The van der Waals surface area contributed by atoms with Crippen LogP contribution in [0.15, 0.2) is 89.6 Å². The van der Waals surface area contributed by atoms with Gasteiger partial charge in [0.05, 0.1) is 30.5 Å². The topological polar surface area (TPSA) is 82.7 Å². The van der Waals surface area contributed by atoms with E-state index in [4.69, 9.17) is 4.74 Å². The normalized spacial score (nSPS) is 16.8. The van der Waals surface area contributed by atoms with Crippen molar-refractivity contribution in [2.75, 3.05) is 36.9 Å². The van der Waals surface area contributed by atoms with Gasteiger partial charge in [0.15, 0.2) is 0 Å². The number of amides is 2. The lowest BCUT2D eigenvalue weighted by atomic mass is 9.98. The smallest absolute Gasteiger partial charge is 0.258 e. The highest BCUT2D eigenvalue weighted by molar-refractivity contribution is 7.08. The number of anilines is 2. The molecule has 42 heavy (non-hydrogen) atoms. The molecule has 1 atom stereocenters. The fraction of sp³-hybridized carbons (Fsp3) is 0.235. The van der Waals surface area contributed by atoms with E-state index in [0.29, 0.717) is 28.1 Å². The molecule has 2 amide bonds. The van der Waals surface area contributed by atoms with Crippen molar-refractivity contribution in [1.29, 1.82) is 0 Å². The van der Waals surface area contributed by atoms with Gasteiger partial charge in [-0.1, -0.05) is 49.4 Å². The van der Waals surface area contributed by atoms with Crippen LogP contribution < -0.4 is 16.0 Å². The number of thiophene rings is 1. The molecule has 6 rings (SSSR count). The van der Waals surface area contributed by atoms with E-state index in [0.717, 1.165) is 56.1 Å². The fourth-order valence-electron chi connectivity index (χ4n) is 5.50. The van der Waals surface area contributed by atoms with E-state index in [2.05, 4.69) is 39.9 Å². The molecule has 4 aromatic rings. The maximum Gasteiger partial charge on any atom is 0.258 e. The molecule has 8 heteroatoms. The lowest BCUT2D eigenvalue weighted by Crippen LogP contribution is -2.35. The van der Waals surface area contributed by atoms with Crippen molar-refractivity contribution in [3.63, 3.8) is 0 Å². The first-order chi connectivity index (χ1) is 20.6. The predicted molar refractivity (Wildman–Crippen MR) is 169 cm³/mol. The number of fused-ring (bicyclic) bond motifs is 1. The molecule has 1 fully saturated rings. The number of hydrogen-bond donors (Lipinski definition) is 3. The van der Waals surface area contributed by atoms with Gasteiger partial charge in [0, 0.05) is 53.1 Å². The molecule has 0 saturated carbocycles. The molecule has 0 spiro atoms. The average Bonchev–Trinajstić information content (AvgIpc) is 3.67. The number of ether oxygens (including phenoxy) is 1. The van der Waals surface area contributed by atoms with E-state index in [9.17, 15) is 9.59 Å². The lowest BCUT2D eigenvalue weighted by molar-refractivity contribution is -0.110. The number of morpholine rings is 1. The zero-order chi connectivity index (χ0) is 28.9. The van der Waals surface area contributed by atoms with Gasteiger partial charge in [0.25, 0.3) is 11.8 Å². The molecule has 214 valence electrons. The molecule has 2 aliphatic rings. The number of carbonyl (C=O) groups excluding carboxylic acids is 2. The van der Waals surface area contributed by atoms with Gasteiger partial charge in [-0.15, -0.1) is 0 Å². The van der Waals surface area contributed by atoms with Crippen LogP contribution in [0.5, 0.6) is 0 Å². The summed E-state index contributed by atoms with van der Waals surface area (Å²) in [4.78, 5) is 29.2. The third kappa shape index (κ3) is 6.16. The second-order valence-electron chi connectivity index (χ2n) is 10.5. The first-order valence-electron chi connectivity index (χ1n) is 14.3. The monoisotopic (exact) mass is 578 g/mol. The van der Waals surface area contributed by atoms with Gasteiger partial charge in [-0.3, -0.25) is 14.5 Å². The summed E-state index contributed by atoms with van der Waals surface area (Å²) >= 11 is 1.57. The van der Waals surface area contributed by atoms with Crippen molar-refractivity contribution < 1.29 is 14.3 Å². The lowest BCUT2D eigenvalue weighted by Gasteiger charge is -2.26. The average molecular weight is 579 g/mol. The summed E-state index contributed by atoms with van der Waals surface area (Å²) in [6.07, 6.45) is 0.767. The van der Waals surface area contributed by atoms with Gasteiger partial charge in [-0.25, -0.2) is 0 Å². The second kappa shape index (κ2) is 12.7. The number of carbonyl (C=O) groups is 2. The number of rotatable bonds is 9. The summed E-state index contributed by atoms with van der Waals surface area (Å²) in [5.74, 6) is -0.371. The molecular weight excluding hydrogens is 544 g/mol. The Balaban J connectivity index is 1.32. The van der Waals surface area contributed by atoms with E-state index < -0.39 is 0 Å². The summed E-state index contributed by atoms with van der Waals surface area (Å²) in [6, 6.07) is 25.6. The van der Waals surface area contributed by atoms with E-state index in [1.807, 2.05) is 71.4 Å². The fourth-order valence-corrected chi connectivity index (χ4v) is 6.15. The Bertz CT molecular complexity index is 1590. The Morgan fingerprint density at radius 2 is 1.83 bits per heavy atom. The molecule has 7 nitrogen and oxygen atoms in total. The Kier molecular flexibility index (Phi) is 8.46. The van der Waals surface area contributed by atoms with Gasteiger partial charge in [-0.05, 0) is 59.3 Å². The molecule has 1 aromatic heterocycles. The van der Waals surface area contributed by atoms with Crippen molar-refractivity contribution in [3.05, 3.63) is 117 Å². The zero-order valence-electron chi connectivity index (χ0n) is 23.6. The van der Waals surface area contributed by atoms with Crippen LogP contribution in [0.1, 0.15) is 52.0 Å². The molecule has 0 unspecified atom stereocenters. The molecule has 3 heterocycles. The quantitative estimate of drug-likeness (QED) is 0.201. The molecule has 1 saturated heterocycles. The Morgan fingerprint density at radius 3 is 2.60 bits per heavy atom. The molecule has 3 aromatic carbocycles. The minimum atomic E-state index is -0.198. The van der Waals surface area contributed by atoms with Gasteiger partial charge in [-0.2, -0.15) is 11.3 Å². The third-order valence-corrected chi connectivity index (χ3v) is 8.39. The van der Waals surface area contributed by atoms with Gasteiger partial charge in [0.1, 0.15) is 0 Å². The Hall–Kier alpha value is -4.24. The molecule has 0 aliphatic carbocycles. The molecule has 0 radical (unpaired) electrons. The van der Waals surface area contributed by atoms with Crippen LogP contribution in [0.25, 0.3) is 11.3 Å². The van der Waals surface area contributed by atoms with Crippen molar-refractivity contribution in [2.45, 2.75) is 25.9 Å². The minimum Gasteiger partial charge on any atom is -0.379 e. The van der Waals surface area contributed by atoms with E-state index in [1.54, 1.807) is 17.4 Å². The summed E-state index contributed by atoms with van der Waals surface area (Å²) in [5, 5.41) is 13.8. The summed E-state index contributed by atoms with van der Waals surface area (Å²) in [7, 11) is 0. The maximum atomic E-state index is 13.5. The van der Waals surface area contributed by atoms with Crippen LogP contribution in [0.3, 0.4) is 0 Å². The number of nitrogens with one attached hydrogen (secondary N) is 3. The van der Waals surface area contributed by atoms with Crippen LogP contribution in [0.2, 0.25) is 0 Å². The Labute approximate surface area is 250 Å².